The van der Waals surface area contributed by atoms with Gasteiger partial charge in [0, 0.05) is 31.8 Å². The molecule has 2 aromatic rings. The van der Waals surface area contributed by atoms with Gasteiger partial charge < -0.3 is 15.4 Å². The van der Waals surface area contributed by atoms with E-state index in [4.69, 9.17) is 10.5 Å². The highest BCUT2D eigenvalue weighted by Gasteiger charge is 2.23. The first-order valence-electron chi connectivity index (χ1n) is 7.90. The zero-order valence-corrected chi connectivity index (χ0v) is 13.2. The van der Waals surface area contributed by atoms with Crippen LogP contribution in [-0.2, 0) is 4.79 Å². The van der Waals surface area contributed by atoms with Gasteiger partial charge in [-0.25, -0.2) is 9.37 Å². The van der Waals surface area contributed by atoms with Gasteiger partial charge in [0.1, 0.15) is 11.6 Å². The Morgan fingerprint density at radius 3 is 2.88 bits per heavy atom. The second-order valence-electron chi connectivity index (χ2n) is 5.88. The summed E-state index contributed by atoms with van der Waals surface area (Å²) in [6, 6.07) is 7.40. The summed E-state index contributed by atoms with van der Waals surface area (Å²) in [4.78, 5) is 21.9. The Bertz CT molecular complexity index is 708. The van der Waals surface area contributed by atoms with Crippen molar-refractivity contribution in [3.8, 4) is 11.6 Å². The highest BCUT2D eigenvalue weighted by atomic mass is 19.1. The molecule has 1 amide bonds. The van der Waals surface area contributed by atoms with Gasteiger partial charge in [0.15, 0.2) is 0 Å². The van der Waals surface area contributed by atoms with Crippen molar-refractivity contribution in [1.82, 2.24) is 9.97 Å². The van der Waals surface area contributed by atoms with E-state index in [1.807, 2.05) is 4.90 Å². The lowest BCUT2D eigenvalue weighted by Gasteiger charge is -2.32. The van der Waals surface area contributed by atoms with Crippen molar-refractivity contribution in [2.45, 2.75) is 19.3 Å². The monoisotopic (exact) mass is 330 g/mol. The second-order valence-corrected chi connectivity index (χ2v) is 5.88. The van der Waals surface area contributed by atoms with Crippen molar-refractivity contribution in [3.05, 3.63) is 42.3 Å². The number of benzene rings is 1. The van der Waals surface area contributed by atoms with Crippen LogP contribution in [0.15, 0.2) is 36.5 Å². The van der Waals surface area contributed by atoms with E-state index in [-0.39, 0.29) is 17.6 Å². The van der Waals surface area contributed by atoms with Gasteiger partial charge in [0.25, 0.3) is 0 Å². The fourth-order valence-corrected chi connectivity index (χ4v) is 2.86. The number of anilines is 1. The largest absolute Gasteiger partial charge is 0.439 e. The Morgan fingerprint density at radius 1 is 1.33 bits per heavy atom. The van der Waals surface area contributed by atoms with E-state index in [1.165, 1.54) is 12.1 Å². The van der Waals surface area contributed by atoms with Crippen LogP contribution in [-0.4, -0.2) is 29.0 Å². The molecule has 0 saturated carbocycles. The summed E-state index contributed by atoms with van der Waals surface area (Å²) >= 11 is 0. The zero-order valence-electron chi connectivity index (χ0n) is 13.2. The predicted octanol–water partition coefficient (Wildman–Crippen LogP) is 2.50. The van der Waals surface area contributed by atoms with Gasteiger partial charge in [0.05, 0.1) is 0 Å². The Balaban J connectivity index is 1.70. The third kappa shape index (κ3) is 4.18. The fraction of sp³-hybridized carbons (Fsp3) is 0.353. The molecule has 1 aliphatic rings. The number of primary amides is 1. The van der Waals surface area contributed by atoms with E-state index in [1.54, 1.807) is 24.4 Å². The van der Waals surface area contributed by atoms with Crippen LogP contribution in [0.3, 0.4) is 0 Å². The maximum Gasteiger partial charge on any atom is 0.228 e. The zero-order chi connectivity index (χ0) is 16.9. The Kier molecular flexibility index (Phi) is 4.88. The first-order valence-corrected chi connectivity index (χ1v) is 7.90. The minimum absolute atomic E-state index is 0.224. The molecule has 1 aromatic carbocycles. The Morgan fingerprint density at radius 2 is 2.12 bits per heavy atom. The van der Waals surface area contributed by atoms with Crippen molar-refractivity contribution < 1.29 is 13.9 Å². The van der Waals surface area contributed by atoms with E-state index in [2.05, 4.69) is 9.97 Å². The van der Waals surface area contributed by atoms with Crippen molar-refractivity contribution >= 4 is 11.9 Å². The first kappa shape index (κ1) is 16.2. The van der Waals surface area contributed by atoms with Gasteiger partial charge in [0.2, 0.25) is 17.7 Å². The van der Waals surface area contributed by atoms with Crippen LogP contribution >= 0.6 is 0 Å². The van der Waals surface area contributed by atoms with Crippen LogP contribution < -0.4 is 15.4 Å². The highest BCUT2D eigenvalue weighted by molar-refractivity contribution is 5.74. The van der Waals surface area contributed by atoms with Crippen molar-refractivity contribution in [2.75, 3.05) is 18.0 Å². The van der Waals surface area contributed by atoms with Gasteiger partial charge in [-0.1, -0.05) is 0 Å². The molecule has 3 rings (SSSR count). The van der Waals surface area contributed by atoms with Gasteiger partial charge in [-0.3, -0.25) is 4.79 Å². The molecular formula is C17H19FN4O2. The number of hydrogen-bond acceptors (Lipinski definition) is 5. The molecule has 0 bridgehead atoms. The molecule has 2 heterocycles. The quantitative estimate of drug-likeness (QED) is 0.911. The highest BCUT2D eigenvalue weighted by Crippen LogP contribution is 2.25. The third-order valence-electron chi connectivity index (χ3n) is 3.95. The maximum absolute atomic E-state index is 12.9. The number of halogens is 1. The van der Waals surface area contributed by atoms with Gasteiger partial charge in [-0.2, -0.15) is 4.98 Å². The summed E-state index contributed by atoms with van der Waals surface area (Å²) < 4.78 is 18.6. The van der Waals surface area contributed by atoms with Gasteiger partial charge >= 0.3 is 0 Å². The molecular weight excluding hydrogens is 311 g/mol. The van der Waals surface area contributed by atoms with E-state index in [0.717, 1.165) is 19.4 Å². The summed E-state index contributed by atoms with van der Waals surface area (Å²) in [6.45, 7) is 1.53. The SMILES string of the molecule is NC(=O)CC1CCCN(c2nccc(Oc3ccc(F)cc3)n2)C1. The summed E-state index contributed by atoms with van der Waals surface area (Å²) in [5, 5.41) is 0. The summed E-state index contributed by atoms with van der Waals surface area (Å²) in [7, 11) is 0. The molecule has 1 saturated heterocycles. The van der Waals surface area contributed by atoms with Crippen molar-refractivity contribution in [1.29, 1.82) is 0 Å². The van der Waals surface area contributed by atoms with Crippen LogP contribution in [0, 0.1) is 11.7 Å². The number of aromatic nitrogens is 2. The van der Waals surface area contributed by atoms with E-state index in [9.17, 15) is 9.18 Å². The molecule has 1 aromatic heterocycles. The predicted molar refractivity (Wildman–Crippen MR) is 87.3 cm³/mol. The third-order valence-corrected chi connectivity index (χ3v) is 3.95. The molecule has 24 heavy (non-hydrogen) atoms. The average Bonchev–Trinajstić information content (AvgIpc) is 2.57. The number of piperidine rings is 1. The number of amides is 1. The molecule has 1 unspecified atom stereocenters. The number of rotatable bonds is 5. The molecule has 7 heteroatoms. The lowest BCUT2D eigenvalue weighted by atomic mass is 9.95. The maximum atomic E-state index is 12.9. The van der Waals surface area contributed by atoms with Crippen molar-refractivity contribution in [3.63, 3.8) is 0 Å². The summed E-state index contributed by atoms with van der Waals surface area (Å²) in [5.74, 6) is 1.08. The number of nitrogens with two attached hydrogens (primary N) is 1. The molecule has 1 atom stereocenters. The van der Waals surface area contributed by atoms with Crippen LogP contribution in [0.4, 0.5) is 10.3 Å². The molecule has 2 N–H and O–H groups in total. The lowest BCUT2D eigenvalue weighted by Crippen LogP contribution is -2.38. The number of carbonyl (C=O) groups is 1. The number of carbonyl (C=O) groups excluding carboxylic acids is 1. The fourth-order valence-electron chi connectivity index (χ4n) is 2.86. The molecule has 126 valence electrons. The number of ether oxygens (including phenoxy) is 1. The molecule has 0 aliphatic carbocycles. The molecule has 1 aliphatic heterocycles. The summed E-state index contributed by atoms with van der Waals surface area (Å²) in [6.07, 6.45) is 3.94. The van der Waals surface area contributed by atoms with Crippen LogP contribution in [0.5, 0.6) is 11.6 Å². The van der Waals surface area contributed by atoms with Crippen LogP contribution in [0.2, 0.25) is 0 Å². The van der Waals surface area contributed by atoms with Crippen LogP contribution in [0.25, 0.3) is 0 Å². The molecule has 1 fully saturated rings. The topological polar surface area (TPSA) is 81.3 Å². The number of hydrogen-bond donors (Lipinski definition) is 1. The molecule has 6 nitrogen and oxygen atoms in total. The minimum atomic E-state index is -0.320. The van der Waals surface area contributed by atoms with E-state index >= 15 is 0 Å². The Hall–Kier alpha value is -2.70. The average molecular weight is 330 g/mol. The van der Waals surface area contributed by atoms with E-state index in [0.29, 0.717) is 30.5 Å². The second kappa shape index (κ2) is 7.25. The first-order chi connectivity index (χ1) is 11.6. The number of nitrogens with zero attached hydrogens (tertiary/aromatic N) is 3. The molecule has 0 radical (unpaired) electrons. The minimum Gasteiger partial charge on any atom is -0.439 e. The Labute approximate surface area is 139 Å². The normalized spacial score (nSPS) is 17.5. The molecule has 0 spiro atoms. The van der Waals surface area contributed by atoms with Gasteiger partial charge in [-0.15, -0.1) is 0 Å². The van der Waals surface area contributed by atoms with E-state index < -0.39 is 0 Å². The standard InChI is InChI=1S/C17H19FN4O2/c18-13-3-5-14(6-4-13)24-16-7-8-20-17(21-16)22-9-1-2-12(11-22)10-15(19)23/h3-8,12H,1-2,9-11H2,(H2,19,23). The van der Waals surface area contributed by atoms with Crippen molar-refractivity contribution in [2.24, 2.45) is 11.7 Å². The smallest absolute Gasteiger partial charge is 0.228 e. The van der Waals surface area contributed by atoms with Crippen LogP contribution in [0.1, 0.15) is 19.3 Å². The lowest BCUT2D eigenvalue weighted by molar-refractivity contribution is -0.118. The summed E-state index contributed by atoms with van der Waals surface area (Å²) in [5.41, 5.74) is 5.29. The van der Waals surface area contributed by atoms with Gasteiger partial charge in [-0.05, 0) is 43.0 Å².